The first-order chi connectivity index (χ1) is 8.86. The van der Waals surface area contributed by atoms with Gasteiger partial charge in [-0.25, -0.2) is 0 Å². The highest BCUT2D eigenvalue weighted by Gasteiger charge is 2.14. The summed E-state index contributed by atoms with van der Waals surface area (Å²) in [4.78, 5) is 4.33. The lowest BCUT2D eigenvalue weighted by molar-refractivity contribution is 1.10. The Balaban J connectivity index is 2.19. The van der Waals surface area contributed by atoms with Crippen LogP contribution in [0.25, 0.3) is 22.5 Å². The van der Waals surface area contributed by atoms with E-state index in [9.17, 15) is 0 Å². The fourth-order valence-corrected chi connectivity index (χ4v) is 1.94. The number of nitrogen functional groups attached to an aromatic ring is 1. The molecule has 4 nitrogen and oxygen atoms in total. The van der Waals surface area contributed by atoms with Crippen molar-refractivity contribution >= 4 is 5.82 Å². The predicted molar refractivity (Wildman–Crippen MR) is 71.7 cm³/mol. The van der Waals surface area contributed by atoms with Crippen LogP contribution in [0.2, 0.25) is 0 Å². The van der Waals surface area contributed by atoms with E-state index in [-0.39, 0.29) is 0 Å². The standard InChI is InChI=1S/C14H12N4/c15-14-12(11-8-4-5-9-16-11)13(17-18-14)10-6-2-1-3-7-10/h1-9H,(H3,15,17,18). The maximum absolute atomic E-state index is 5.93. The largest absolute Gasteiger partial charge is 0.382 e. The number of nitrogens with one attached hydrogen (secondary N) is 1. The van der Waals surface area contributed by atoms with E-state index in [1.165, 1.54) is 0 Å². The molecule has 18 heavy (non-hydrogen) atoms. The van der Waals surface area contributed by atoms with Gasteiger partial charge in [-0.3, -0.25) is 10.1 Å². The molecule has 0 aliphatic carbocycles. The number of rotatable bonds is 2. The van der Waals surface area contributed by atoms with Gasteiger partial charge in [0, 0.05) is 11.8 Å². The molecular formula is C14H12N4. The summed E-state index contributed by atoms with van der Waals surface area (Å²) < 4.78 is 0. The lowest BCUT2D eigenvalue weighted by Crippen LogP contribution is -1.90. The highest BCUT2D eigenvalue weighted by Crippen LogP contribution is 2.32. The molecule has 3 rings (SSSR count). The maximum Gasteiger partial charge on any atom is 0.155 e. The zero-order valence-corrected chi connectivity index (χ0v) is 9.67. The summed E-state index contributed by atoms with van der Waals surface area (Å²) in [5.74, 6) is 0.465. The van der Waals surface area contributed by atoms with Crippen LogP contribution in [-0.4, -0.2) is 15.2 Å². The van der Waals surface area contributed by atoms with Crippen LogP contribution in [0, 0.1) is 0 Å². The van der Waals surface area contributed by atoms with E-state index >= 15 is 0 Å². The van der Waals surface area contributed by atoms with Gasteiger partial charge in [0.15, 0.2) is 5.82 Å². The van der Waals surface area contributed by atoms with Crippen molar-refractivity contribution in [3.8, 4) is 22.5 Å². The smallest absolute Gasteiger partial charge is 0.155 e. The number of hydrogen-bond donors (Lipinski definition) is 2. The molecule has 0 spiro atoms. The van der Waals surface area contributed by atoms with Crippen LogP contribution in [0.5, 0.6) is 0 Å². The SMILES string of the molecule is Nc1n[nH]c(-c2ccccc2)c1-c1ccccn1. The van der Waals surface area contributed by atoms with Gasteiger partial charge in [0.25, 0.3) is 0 Å². The van der Waals surface area contributed by atoms with E-state index in [0.29, 0.717) is 5.82 Å². The van der Waals surface area contributed by atoms with E-state index in [1.54, 1.807) is 6.20 Å². The van der Waals surface area contributed by atoms with Crippen molar-refractivity contribution in [1.82, 2.24) is 15.2 Å². The normalized spacial score (nSPS) is 10.4. The molecule has 0 bridgehead atoms. The molecule has 4 heteroatoms. The molecule has 0 saturated heterocycles. The first-order valence-corrected chi connectivity index (χ1v) is 5.67. The molecule has 0 aliphatic rings. The van der Waals surface area contributed by atoms with Crippen LogP contribution in [0.15, 0.2) is 54.7 Å². The van der Waals surface area contributed by atoms with E-state index < -0.39 is 0 Å². The average Bonchev–Trinajstić information content (AvgIpc) is 2.83. The molecule has 3 aromatic rings. The lowest BCUT2D eigenvalue weighted by Gasteiger charge is -2.03. The van der Waals surface area contributed by atoms with Gasteiger partial charge >= 0.3 is 0 Å². The minimum atomic E-state index is 0.465. The number of hydrogen-bond acceptors (Lipinski definition) is 3. The molecule has 0 saturated carbocycles. The molecular weight excluding hydrogens is 224 g/mol. The minimum Gasteiger partial charge on any atom is -0.382 e. The zero-order valence-electron chi connectivity index (χ0n) is 9.67. The molecule has 88 valence electrons. The Hall–Kier alpha value is -2.62. The van der Waals surface area contributed by atoms with Crippen LogP contribution < -0.4 is 5.73 Å². The summed E-state index contributed by atoms with van der Waals surface area (Å²) in [6, 6.07) is 15.7. The Labute approximate surface area is 105 Å². The lowest BCUT2D eigenvalue weighted by atomic mass is 10.0. The Morgan fingerprint density at radius 2 is 1.72 bits per heavy atom. The van der Waals surface area contributed by atoms with Gasteiger partial charge in [-0.15, -0.1) is 0 Å². The number of aromatic amines is 1. The van der Waals surface area contributed by atoms with Gasteiger partial charge in [0.05, 0.1) is 17.0 Å². The molecule has 0 aliphatic heterocycles. The molecule has 3 N–H and O–H groups in total. The van der Waals surface area contributed by atoms with E-state index in [0.717, 1.165) is 22.5 Å². The van der Waals surface area contributed by atoms with Gasteiger partial charge in [-0.2, -0.15) is 5.10 Å². The number of pyridine rings is 1. The third kappa shape index (κ3) is 1.73. The van der Waals surface area contributed by atoms with Crippen LogP contribution in [0.1, 0.15) is 0 Å². The summed E-state index contributed by atoms with van der Waals surface area (Å²) >= 11 is 0. The van der Waals surface area contributed by atoms with Gasteiger partial charge in [0.2, 0.25) is 0 Å². The molecule has 1 aromatic carbocycles. The predicted octanol–water partition coefficient (Wildman–Crippen LogP) is 2.72. The van der Waals surface area contributed by atoms with Gasteiger partial charge in [0.1, 0.15) is 0 Å². The zero-order chi connectivity index (χ0) is 12.4. The molecule has 2 aromatic heterocycles. The number of H-pyrrole nitrogens is 1. The Bertz CT molecular complexity index is 644. The first kappa shape index (κ1) is 10.5. The van der Waals surface area contributed by atoms with E-state index in [4.69, 9.17) is 5.73 Å². The van der Waals surface area contributed by atoms with E-state index in [2.05, 4.69) is 15.2 Å². The van der Waals surface area contributed by atoms with Crippen LogP contribution >= 0.6 is 0 Å². The topological polar surface area (TPSA) is 67.6 Å². The van der Waals surface area contributed by atoms with Crippen LogP contribution in [0.4, 0.5) is 5.82 Å². The summed E-state index contributed by atoms with van der Waals surface area (Å²) in [6.07, 6.45) is 1.75. The molecule has 0 atom stereocenters. The van der Waals surface area contributed by atoms with Crippen molar-refractivity contribution in [3.05, 3.63) is 54.7 Å². The van der Waals surface area contributed by atoms with Gasteiger partial charge in [-0.05, 0) is 12.1 Å². The quantitative estimate of drug-likeness (QED) is 0.718. The second kappa shape index (κ2) is 4.33. The maximum atomic E-state index is 5.93. The summed E-state index contributed by atoms with van der Waals surface area (Å²) in [5, 5.41) is 7.06. The minimum absolute atomic E-state index is 0.465. The van der Waals surface area contributed by atoms with E-state index in [1.807, 2.05) is 48.5 Å². The van der Waals surface area contributed by atoms with Gasteiger partial charge < -0.3 is 5.73 Å². The van der Waals surface area contributed by atoms with Crippen LogP contribution in [-0.2, 0) is 0 Å². The van der Waals surface area contributed by atoms with Crippen molar-refractivity contribution in [3.63, 3.8) is 0 Å². The second-order valence-corrected chi connectivity index (χ2v) is 3.94. The number of nitrogens with zero attached hydrogens (tertiary/aromatic N) is 2. The summed E-state index contributed by atoms with van der Waals surface area (Å²) in [7, 11) is 0. The van der Waals surface area contributed by atoms with Gasteiger partial charge in [-0.1, -0.05) is 36.4 Å². The number of nitrogens with two attached hydrogens (primary N) is 1. The second-order valence-electron chi connectivity index (χ2n) is 3.94. The Morgan fingerprint density at radius 3 is 2.44 bits per heavy atom. The molecule has 0 radical (unpaired) electrons. The van der Waals surface area contributed by atoms with Crippen molar-refractivity contribution < 1.29 is 0 Å². The van der Waals surface area contributed by atoms with Crippen molar-refractivity contribution in [1.29, 1.82) is 0 Å². The summed E-state index contributed by atoms with van der Waals surface area (Å²) in [5.41, 5.74) is 9.54. The fraction of sp³-hybridized carbons (Fsp3) is 0. The Kier molecular flexibility index (Phi) is 2.53. The van der Waals surface area contributed by atoms with Crippen LogP contribution in [0.3, 0.4) is 0 Å². The Morgan fingerprint density at radius 1 is 0.944 bits per heavy atom. The number of anilines is 1. The average molecular weight is 236 g/mol. The first-order valence-electron chi connectivity index (χ1n) is 5.67. The molecule has 0 unspecified atom stereocenters. The molecule has 0 amide bonds. The summed E-state index contributed by atoms with van der Waals surface area (Å²) in [6.45, 7) is 0. The fourth-order valence-electron chi connectivity index (χ4n) is 1.94. The highest BCUT2D eigenvalue weighted by molar-refractivity contribution is 5.85. The third-order valence-corrected chi connectivity index (χ3v) is 2.78. The van der Waals surface area contributed by atoms with Crippen molar-refractivity contribution in [2.45, 2.75) is 0 Å². The number of benzene rings is 1. The highest BCUT2D eigenvalue weighted by atomic mass is 15.2. The molecule has 0 fully saturated rings. The third-order valence-electron chi connectivity index (χ3n) is 2.78. The monoisotopic (exact) mass is 236 g/mol. The molecule has 2 heterocycles. The number of aromatic nitrogens is 3. The van der Waals surface area contributed by atoms with Crippen molar-refractivity contribution in [2.75, 3.05) is 5.73 Å². The van der Waals surface area contributed by atoms with Crippen molar-refractivity contribution in [2.24, 2.45) is 0 Å².